The van der Waals surface area contributed by atoms with Crippen LogP contribution in [-0.2, 0) is 17.8 Å². The van der Waals surface area contributed by atoms with E-state index in [0.717, 1.165) is 35.3 Å². The van der Waals surface area contributed by atoms with E-state index in [2.05, 4.69) is 53.8 Å². The smallest absolute Gasteiger partial charge is 0.134 e. The molecule has 3 nitrogen and oxygen atoms in total. The molecule has 0 saturated heterocycles. The van der Waals surface area contributed by atoms with Gasteiger partial charge in [0.25, 0.3) is 0 Å². The Morgan fingerprint density at radius 2 is 1.86 bits per heavy atom. The Morgan fingerprint density at radius 1 is 1.00 bits per heavy atom. The van der Waals surface area contributed by atoms with Gasteiger partial charge < -0.3 is 14.5 Å². The maximum Gasteiger partial charge on any atom is 0.134 e. The number of benzene rings is 2. The molecule has 0 unspecified atom stereocenters. The van der Waals surface area contributed by atoms with Crippen LogP contribution in [0.2, 0.25) is 0 Å². The minimum atomic E-state index is 0.617. The Kier molecular flexibility index (Phi) is 4.88. The average Bonchev–Trinajstić information content (AvgIpc) is 2.94. The molecule has 0 bridgehead atoms. The molecule has 3 heteroatoms. The minimum absolute atomic E-state index is 0.617. The quantitative estimate of drug-likeness (QED) is 0.674. The van der Waals surface area contributed by atoms with Crippen LogP contribution in [0.1, 0.15) is 16.9 Å². The summed E-state index contributed by atoms with van der Waals surface area (Å²) in [6.45, 7) is 2.20. The molecule has 114 valence electrons. The Bertz CT molecular complexity index is 719. The molecule has 22 heavy (non-hydrogen) atoms. The first-order valence-corrected chi connectivity index (χ1v) is 7.63. The van der Waals surface area contributed by atoms with Gasteiger partial charge in [-0.1, -0.05) is 42.5 Å². The third kappa shape index (κ3) is 3.75. The first-order valence-electron chi connectivity index (χ1n) is 7.63. The molecular formula is C19H21NO2. The summed E-state index contributed by atoms with van der Waals surface area (Å²) in [6.07, 6.45) is 0.823. The van der Waals surface area contributed by atoms with Crippen LogP contribution in [-0.4, -0.2) is 20.2 Å². The molecule has 0 atom stereocenters. The highest BCUT2D eigenvalue weighted by Crippen LogP contribution is 2.23. The Labute approximate surface area is 130 Å². The number of nitrogens with one attached hydrogen (secondary N) is 1. The van der Waals surface area contributed by atoms with Gasteiger partial charge in [-0.25, -0.2) is 0 Å². The van der Waals surface area contributed by atoms with Crippen LogP contribution in [0.4, 0.5) is 0 Å². The van der Waals surface area contributed by atoms with E-state index in [0.29, 0.717) is 13.2 Å². The second kappa shape index (κ2) is 7.25. The van der Waals surface area contributed by atoms with Crippen LogP contribution in [0.25, 0.3) is 11.0 Å². The molecule has 3 rings (SSSR count). The van der Waals surface area contributed by atoms with Gasteiger partial charge in [-0.05, 0) is 30.3 Å². The van der Waals surface area contributed by atoms with Gasteiger partial charge in [0.05, 0.1) is 13.2 Å². The van der Waals surface area contributed by atoms with Crippen LogP contribution in [0.3, 0.4) is 0 Å². The van der Waals surface area contributed by atoms with Crippen LogP contribution >= 0.6 is 0 Å². The fourth-order valence-corrected chi connectivity index (χ4v) is 2.47. The molecule has 0 radical (unpaired) electrons. The van der Waals surface area contributed by atoms with E-state index in [-0.39, 0.29) is 0 Å². The van der Waals surface area contributed by atoms with E-state index in [9.17, 15) is 0 Å². The number of ether oxygens (including phenoxy) is 1. The average molecular weight is 295 g/mol. The van der Waals surface area contributed by atoms with Crippen molar-refractivity contribution in [1.82, 2.24) is 5.32 Å². The maximum atomic E-state index is 5.97. The van der Waals surface area contributed by atoms with Crippen molar-refractivity contribution >= 4 is 11.0 Å². The van der Waals surface area contributed by atoms with Gasteiger partial charge in [0, 0.05) is 18.4 Å². The molecule has 0 spiro atoms. The number of likely N-dealkylation sites (N-methyl/N-ethyl adjacent to an activating group) is 1. The Balaban J connectivity index is 1.70. The summed E-state index contributed by atoms with van der Waals surface area (Å²) >= 11 is 0. The zero-order valence-electron chi connectivity index (χ0n) is 12.8. The molecule has 0 aliphatic carbocycles. The second-order valence-electron chi connectivity index (χ2n) is 5.40. The van der Waals surface area contributed by atoms with Crippen molar-refractivity contribution in [2.75, 3.05) is 20.2 Å². The number of fused-ring (bicyclic) bond motifs is 1. The molecule has 1 heterocycles. The van der Waals surface area contributed by atoms with Crippen LogP contribution in [0.15, 0.2) is 59.0 Å². The predicted octanol–water partition coefficient (Wildman–Crippen LogP) is 3.76. The van der Waals surface area contributed by atoms with E-state index in [1.807, 2.05) is 13.1 Å². The van der Waals surface area contributed by atoms with E-state index in [4.69, 9.17) is 9.15 Å². The summed E-state index contributed by atoms with van der Waals surface area (Å²) in [7, 11) is 1.92. The molecule has 0 saturated carbocycles. The molecule has 0 aliphatic heterocycles. The van der Waals surface area contributed by atoms with Crippen molar-refractivity contribution in [3.63, 3.8) is 0 Å². The third-order valence-corrected chi connectivity index (χ3v) is 3.62. The number of rotatable bonds is 7. The van der Waals surface area contributed by atoms with E-state index >= 15 is 0 Å². The number of hydrogen-bond donors (Lipinski definition) is 1. The van der Waals surface area contributed by atoms with Crippen molar-refractivity contribution in [2.24, 2.45) is 0 Å². The molecule has 0 aliphatic rings. The molecule has 0 amide bonds. The second-order valence-corrected chi connectivity index (χ2v) is 5.40. The lowest BCUT2D eigenvalue weighted by Gasteiger charge is -2.03. The molecular weight excluding hydrogens is 274 g/mol. The summed E-state index contributed by atoms with van der Waals surface area (Å²) < 4.78 is 11.6. The van der Waals surface area contributed by atoms with Gasteiger partial charge in [-0.3, -0.25) is 0 Å². The molecule has 2 aromatic carbocycles. The minimum Gasteiger partial charge on any atom is -0.461 e. The number of furan rings is 1. The van der Waals surface area contributed by atoms with Crippen molar-refractivity contribution in [3.8, 4) is 0 Å². The Hall–Kier alpha value is -2.10. The van der Waals surface area contributed by atoms with Crippen LogP contribution < -0.4 is 5.32 Å². The largest absolute Gasteiger partial charge is 0.461 e. The lowest BCUT2D eigenvalue weighted by atomic mass is 10.1. The fourth-order valence-electron chi connectivity index (χ4n) is 2.47. The first-order chi connectivity index (χ1) is 10.8. The van der Waals surface area contributed by atoms with Crippen molar-refractivity contribution in [3.05, 3.63) is 71.5 Å². The fraction of sp³-hybridized carbons (Fsp3) is 0.263. The van der Waals surface area contributed by atoms with Crippen molar-refractivity contribution in [2.45, 2.75) is 13.0 Å². The third-order valence-electron chi connectivity index (χ3n) is 3.62. The molecule has 3 aromatic rings. The summed E-state index contributed by atoms with van der Waals surface area (Å²) in [5, 5.41) is 4.21. The van der Waals surface area contributed by atoms with Crippen LogP contribution in [0, 0.1) is 0 Å². The summed E-state index contributed by atoms with van der Waals surface area (Å²) in [6, 6.07) is 18.8. The summed E-state index contributed by atoms with van der Waals surface area (Å²) in [5.74, 6) is 0.995. The van der Waals surface area contributed by atoms with Gasteiger partial charge in [-0.15, -0.1) is 0 Å². The zero-order chi connectivity index (χ0) is 15.2. The van der Waals surface area contributed by atoms with Crippen LogP contribution in [0.5, 0.6) is 0 Å². The van der Waals surface area contributed by atoms with Crippen molar-refractivity contribution in [1.29, 1.82) is 0 Å². The van der Waals surface area contributed by atoms with Crippen molar-refractivity contribution < 1.29 is 9.15 Å². The SMILES string of the molecule is CNCCOCc1ccc2cc(Cc3ccccc3)oc2c1. The van der Waals surface area contributed by atoms with Gasteiger partial charge in [0.1, 0.15) is 11.3 Å². The van der Waals surface area contributed by atoms with E-state index < -0.39 is 0 Å². The topological polar surface area (TPSA) is 34.4 Å². The predicted molar refractivity (Wildman–Crippen MR) is 89.0 cm³/mol. The lowest BCUT2D eigenvalue weighted by molar-refractivity contribution is 0.124. The molecule has 1 aromatic heterocycles. The highest BCUT2D eigenvalue weighted by Gasteiger charge is 2.06. The summed E-state index contributed by atoms with van der Waals surface area (Å²) in [4.78, 5) is 0. The van der Waals surface area contributed by atoms with Gasteiger partial charge in [0.15, 0.2) is 0 Å². The molecule has 0 fully saturated rings. The summed E-state index contributed by atoms with van der Waals surface area (Å²) in [5.41, 5.74) is 3.34. The van der Waals surface area contributed by atoms with Gasteiger partial charge in [0.2, 0.25) is 0 Å². The maximum absolute atomic E-state index is 5.97. The highest BCUT2D eigenvalue weighted by molar-refractivity contribution is 5.78. The van der Waals surface area contributed by atoms with E-state index in [1.165, 1.54) is 5.56 Å². The number of hydrogen-bond acceptors (Lipinski definition) is 3. The monoisotopic (exact) mass is 295 g/mol. The van der Waals surface area contributed by atoms with E-state index in [1.54, 1.807) is 0 Å². The standard InChI is InChI=1S/C19H21NO2/c1-20-9-10-21-14-16-7-8-17-13-18(22-19(17)12-16)11-15-5-3-2-4-6-15/h2-8,12-13,20H,9-11,14H2,1H3. The molecule has 1 N–H and O–H groups in total. The Morgan fingerprint density at radius 3 is 2.68 bits per heavy atom. The zero-order valence-corrected chi connectivity index (χ0v) is 12.8. The highest BCUT2D eigenvalue weighted by atomic mass is 16.5. The van der Waals surface area contributed by atoms with Gasteiger partial charge in [-0.2, -0.15) is 0 Å². The van der Waals surface area contributed by atoms with Gasteiger partial charge >= 0.3 is 0 Å². The normalized spacial score (nSPS) is 11.1. The first kappa shape index (κ1) is 14.8. The lowest BCUT2D eigenvalue weighted by Crippen LogP contribution is -2.13.